The molecule has 2 aromatic heterocycles. The normalized spacial score (nSPS) is 16.5. The van der Waals surface area contributed by atoms with Crippen LogP contribution in [0.3, 0.4) is 0 Å². The lowest BCUT2D eigenvalue weighted by molar-refractivity contribution is -0.155. The maximum absolute atomic E-state index is 12.4. The van der Waals surface area contributed by atoms with Gasteiger partial charge in [0.2, 0.25) is 0 Å². The molecule has 0 N–H and O–H groups in total. The SMILES string of the molecule is CN(Cc1ccco1)C(=O)COC(=O)[C@@H]1CCCN1C(=O)c1ccco1. The van der Waals surface area contributed by atoms with E-state index in [1.165, 1.54) is 22.3 Å². The van der Waals surface area contributed by atoms with Crippen molar-refractivity contribution in [3.05, 3.63) is 48.3 Å². The second-order valence-corrected chi connectivity index (χ2v) is 6.07. The lowest BCUT2D eigenvalue weighted by Crippen LogP contribution is -2.42. The van der Waals surface area contributed by atoms with Crippen LogP contribution in [0.1, 0.15) is 29.2 Å². The highest BCUT2D eigenvalue weighted by atomic mass is 16.5. The van der Waals surface area contributed by atoms with Crippen LogP contribution in [0.5, 0.6) is 0 Å². The van der Waals surface area contributed by atoms with Gasteiger partial charge in [0, 0.05) is 13.6 Å². The zero-order valence-corrected chi connectivity index (χ0v) is 14.4. The summed E-state index contributed by atoms with van der Waals surface area (Å²) in [6.07, 6.45) is 4.13. The van der Waals surface area contributed by atoms with Crippen molar-refractivity contribution in [2.45, 2.75) is 25.4 Å². The van der Waals surface area contributed by atoms with E-state index in [0.29, 0.717) is 25.1 Å². The van der Waals surface area contributed by atoms with Crippen LogP contribution >= 0.6 is 0 Å². The van der Waals surface area contributed by atoms with Crippen molar-refractivity contribution in [1.29, 1.82) is 0 Å². The zero-order valence-electron chi connectivity index (χ0n) is 14.4. The fourth-order valence-electron chi connectivity index (χ4n) is 2.86. The van der Waals surface area contributed by atoms with Gasteiger partial charge in [-0.2, -0.15) is 0 Å². The Bertz CT molecular complexity index is 753. The molecule has 26 heavy (non-hydrogen) atoms. The van der Waals surface area contributed by atoms with Gasteiger partial charge in [0.15, 0.2) is 12.4 Å². The molecule has 1 fully saturated rings. The minimum Gasteiger partial charge on any atom is -0.467 e. The topological polar surface area (TPSA) is 93.2 Å². The number of likely N-dealkylation sites (N-methyl/N-ethyl adjacent to an activating group) is 1. The van der Waals surface area contributed by atoms with Gasteiger partial charge in [-0.1, -0.05) is 0 Å². The highest BCUT2D eigenvalue weighted by Crippen LogP contribution is 2.21. The fourth-order valence-corrected chi connectivity index (χ4v) is 2.86. The molecule has 0 saturated carbocycles. The minimum atomic E-state index is -0.698. The van der Waals surface area contributed by atoms with Crippen LogP contribution < -0.4 is 0 Å². The molecule has 1 saturated heterocycles. The maximum atomic E-state index is 12.4. The molecule has 2 amide bonds. The molecule has 0 bridgehead atoms. The number of carbonyl (C=O) groups is 3. The Morgan fingerprint density at radius 3 is 2.69 bits per heavy atom. The van der Waals surface area contributed by atoms with Gasteiger partial charge in [-0.05, 0) is 37.1 Å². The molecule has 8 heteroatoms. The largest absolute Gasteiger partial charge is 0.467 e. The second kappa shape index (κ2) is 7.90. The summed E-state index contributed by atoms with van der Waals surface area (Å²) in [5.41, 5.74) is 0. The first kappa shape index (κ1) is 17.8. The molecule has 138 valence electrons. The van der Waals surface area contributed by atoms with Gasteiger partial charge in [0.25, 0.3) is 11.8 Å². The Morgan fingerprint density at radius 1 is 1.23 bits per heavy atom. The van der Waals surface area contributed by atoms with E-state index in [-0.39, 0.29) is 30.7 Å². The summed E-state index contributed by atoms with van der Waals surface area (Å²) in [7, 11) is 1.60. The molecule has 3 heterocycles. The summed E-state index contributed by atoms with van der Waals surface area (Å²) in [5, 5.41) is 0. The van der Waals surface area contributed by atoms with Gasteiger partial charge < -0.3 is 23.4 Å². The number of rotatable bonds is 6. The average Bonchev–Trinajstić information content (AvgIpc) is 3.40. The summed E-state index contributed by atoms with van der Waals surface area (Å²) in [6.45, 7) is 0.358. The molecule has 2 aromatic rings. The molecule has 8 nitrogen and oxygen atoms in total. The molecular weight excluding hydrogens is 340 g/mol. The molecule has 1 aliphatic heterocycles. The average molecular weight is 360 g/mol. The lowest BCUT2D eigenvalue weighted by atomic mass is 10.2. The van der Waals surface area contributed by atoms with Crippen LogP contribution in [0.25, 0.3) is 0 Å². The fraction of sp³-hybridized carbons (Fsp3) is 0.389. The monoisotopic (exact) mass is 360 g/mol. The molecular formula is C18H20N2O6. The van der Waals surface area contributed by atoms with Gasteiger partial charge in [-0.25, -0.2) is 4.79 Å². The number of likely N-dealkylation sites (tertiary alicyclic amines) is 1. The van der Waals surface area contributed by atoms with Crippen LogP contribution in [0, 0.1) is 0 Å². The van der Waals surface area contributed by atoms with Gasteiger partial charge in [-0.3, -0.25) is 9.59 Å². The minimum absolute atomic E-state index is 0.180. The Labute approximate surface area is 150 Å². The van der Waals surface area contributed by atoms with E-state index in [2.05, 4.69) is 0 Å². The molecule has 0 radical (unpaired) electrons. The second-order valence-electron chi connectivity index (χ2n) is 6.07. The molecule has 1 atom stereocenters. The highest BCUT2D eigenvalue weighted by molar-refractivity contribution is 5.95. The van der Waals surface area contributed by atoms with Crippen molar-refractivity contribution >= 4 is 17.8 Å². The van der Waals surface area contributed by atoms with Gasteiger partial charge in [0.1, 0.15) is 11.8 Å². The Balaban J connectivity index is 1.52. The van der Waals surface area contributed by atoms with Crippen molar-refractivity contribution in [3.8, 4) is 0 Å². The first-order valence-corrected chi connectivity index (χ1v) is 8.33. The molecule has 0 aliphatic carbocycles. The summed E-state index contributed by atoms with van der Waals surface area (Å²) in [5.74, 6) is -0.466. The van der Waals surface area contributed by atoms with Gasteiger partial charge in [-0.15, -0.1) is 0 Å². The van der Waals surface area contributed by atoms with E-state index in [0.717, 1.165) is 0 Å². The summed E-state index contributed by atoms with van der Waals surface area (Å²) in [6, 6.07) is 5.96. The van der Waals surface area contributed by atoms with Crippen LogP contribution in [-0.2, 0) is 20.9 Å². The third kappa shape index (κ3) is 3.96. The Kier molecular flexibility index (Phi) is 5.40. The molecule has 1 aliphatic rings. The number of esters is 1. The standard InChI is InChI=1S/C18H20N2O6/c1-19(11-13-5-3-9-24-13)16(21)12-26-18(23)14-6-2-8-20(14)17(22)15-7-4-10-25-15/h3-5,7,9-10,14H,2,6,8,11-12H2,1H3/t14-/m0/s1. The first-order valence-electron chi connectivity index (χ1n) is 8.33. The van der Waals surface area contributed by atoms with Crippen molar-refractivity contribution < 1.29 is 28.0 Å². The van der Waals surface area contributed by atoms with E-state index in [1.807, 2.05) is 0 Å². The van der Waals surface area contributed by atoms with Crippen LogP contribution in [-0.4, -0.2) is 53.8 Å². The molecule has 0 unspecified atom stereocenters. The van der Waals surface area contributed by atoms with Crippen molar-refractivity contribution in [2.75, 3.05) is 20.2 Å². The number of hydrogen-bond acceptors (Lipinski definition) is 6. The number of furan rings is 2. The maximum Gasteiger partial charge on any atom is 0.329 e. The third-order valence-corrected chi connectivity index (χ3v) is 4.25. The molecule has 0 aromatic carbocycles. The van der Waals surface area contributed by atoms with Crippen LogP contribution in [0.2, 0.25) is 0 Å². The quantitative estimate of drug-likeness (QED) is 0.728. The number of hydrogen-bond donors (Lipinski definition) is 0. The predicted octanol–water partition coefficient (Wildman–Crippen LogP) is 1.68. The van der Waals surface area contributed by atoms with Crippen LogP contribution in [0.15, 0.2) is 45.6 Å². The molecule has 3 rings (SSSR count). The van der Waals surface area contributed by atoms with Crippen molar-refractivity contribution in [2.24, 2.45) is 0 Å². The van der Waals surface area contributed by atoms with Crippen LogP contribution in [0.4, 0.5) is 0 Å². The highest BCUT2D eigenvalue weighted by Gasteiger charge is 2.36. The third-order valence-electron chi connectivity index (χ3n) is 4.25. The molecule has 0 spiro atoms. The number of nitrogens with zero attached hydrogens (tertiary/aromatic N) is 2. The number of amides is 2. The number of carbonyl (C=O) groups excluding carboxylic acids is 3. The Hall–Kier alpha value is -3.03. The van der Waals surface area contributed by atoms with E-state index in [1.54, 1.807) is 31.3 Å². The van der Waals surface area contributed by atoms with E-state index >= 15 is 0 Å². The van der Waals surface area contributed by atoms with Gasteiger partial charge >= 0.3 is 5.97 Å². The Morgan fingerprint density at radius 2 is 2.00 bits per heavy atom. The smallest absolute Gasteiger partial charge is 0.329 e. The van der Waals surface area contributed by atoms with E-state index in [9.17, 15) is 14.4 Å². The predicted molar refractivity (Wildman–Crippen MR) is 88.9 cm³/mol. The van der Waals surface area contributed by atoms with Crippen molar-refractivity contribution in [1.82, 2.24) is 9.80 Å². The first-order chi connectivity index (χ1) is 12.6. The summed E-state index contributed by atoms with van der Waals surface area (Å²) >= 11 is 0. The van der Waals surface area contributed by atoms with E-state index < -0.39 is 12.0 Å². The summed E-state index contributed by atoms with van der Waals surface area (Å²) < 4.78 is 15.4. The number of ether oxygens (including phenoxy) is 1. The van der Waals surface area contributed by atoms with Crippen molar-refractivity contribution in [3.63, 3.8) is 0 Å². The van der Waals surface area contributed by atoms with Gasteiger partial charge in [0.05, 0.1) is 19.1 Å². The van der Waals surface area contributed by atoms with E-state index in [4.69, 9.17) is 13.6 Å². The summed E-state index contributed by atoms with van der Waals surface area (Å²) in [4.78, 5) is 39.7. The zero-order chi connectivity index (χ0) is 18.5. The lowest BCUT2D eigenvalue weighted by Gasteiger charge is -2.22.